The Kier molecular flexibility index (Phi) is 3.88. The third-order valence-corrected chi connectivity index (χ3v) is 3.05. The first kappa shape index (κ1) is 11.8. The number of benzene rings is 1. The van der Waals surface area contributed by atoms with Gasteiger partial charge in [0.1, 0.15) is 0 Å². The number of hydrogen-bond donors (Lipinski definition) is 1. The average molecular weight is 232 g/mol. The molecule has 1 N–H and O–H groups in total. The minimum atomic E-state index is -0.375. The van der Waals surface area contributed by atoms with Crippen LogP contribution in [0.25, 0.3) is 6.08 Å². The topological polar surface area (TPSA) is 55.2 Å². The second-order valence-electron chi connectivity index (χ2n) is 4.30. The molecule has 1 saturated heterocycles. The second-order valence-corrected chi connectivity index (χ2v) is 4.30. The number of nitrogens with one attached hydrogen (secondary N) is 1. The van der Waals surface area contributed by atoms with Crippen molar-refractivity contribution < 1.29 is 4.92 Å². The fraction of sp³-hybridized carbons (Fsp3) is 0.385. The number of piperidine rings is 1. The molecular formula is C13H16N2O2. The molecule has 1 aliphatic heterocycles. The molecule has 4 nitrogen and oxygen atoms in total. The Morgan fingerprint density at radius 3 is 2.47 bits per heavy atom. The van der Waals surface area contributed by atoms with Gasteiger partial charge in [-0.1, -0.05) is 12.2 Å². The summed E-state index contributed by atoms with van der Waals surface area (Å²) in [6.07, 6.45) is 6.61. The average Bonchev–Trinajstić information content (AvgIpc) is 2.38. The summed E-state index contributed by atoms with van der Waals surface area (Å²) in [6.45, 7) is 2.16. The zero-order valence-electron chi connectivity index (χ0n) is 9.63. The molecule has 90 valence electrons. The van der Waals surface area contributed by atoms with E-state index in [2.05, 4.69) is 17.5 Å². The van der Waals surface area contributed by atoms with Crippen LogP contribution in [0.2, 0.25) is 0 Å². The SMILES string of the molecule is O=[N+]([O-])c1ccc(C=CC2CCNCC2)cc1. The van der Waals surface area contributed by atoms with Gasteiger partial charge in [-0.25, -0.2) is 0 Å². The number of rotatable bonds is 3. The van der Waals surface area contributed by atoms with Crippen LogP contribution in [-0.2, 0) is 0 Å². The summed E-state index contributed by atoms with van der Waals surface area (Å²) >= 11 is 0. The molecule has 0 atom stereocenters. The molecular weight excluding hydrogens is 216 g/mol. The summed E-state index contributed by atoms with van der Waals surface area (Å²) < 4.78 is 0. The van der Waals surface area contributed by atoms with Gasteiger partial charge in [-0.2, -0.15) is 0 Å². The number of nitro groups is 1. The largest absolute Gasteiger partial charge is 0.317 e. The van der Waals surface area contributed by atoms with Gasteiger partial charge in [0.25, 0.3) is 5.69 Å². The van der Waals surface area contributed by atoms with E-state index in [0.717, 1.165) is 18.7 Å². The summed E-state index contributed by atoms with van der Waals surface area (Å²) in [5.74, 6) is 0.631. The molecule has 2 rings (SSSR count). The monoisotopic (exact) mass is 232 g/mol. The molecule has 1 aliphatic rings. The van der Waals surface area contributed by atoms with Crippen molar-refractivity contribution in [1.29, 1.82) is 0 Å². The maximum absolute atomic E-state index is 10.5. The Balaban J connectivity index is 1.98. The van der Waals surface area contributed by atoms with Crippen molar-refractivity contribution in [2.45, 2.75) is 12.8 Å². The molecule has 0 aromatic heterocycles. The van der Waals surface area contributed by atoms with Crippen molar-refractivity contribution in [3.05, 3.63) is 46.0 Å². The molecule has 1 fully saturated rings. The first-order valence-corrected chi connectivity index (χ1v) is 5.89. The quantitative estimate of drug-likeness (QED) is 0.643. The maximum Gasteiger partial charge on any atom is 0.269 e. The summed E-state index contributed by atoms with van der Waals surface area (Å²) in [6, 6.07) is 6.66. The molecule has 4 heteroatoms. The smallest absolute Gasteiger partial charge is 0.269 e. The summed E-state index contributed by atoms with van der Waals surface area (Å²) in [5, 5.41) is 13.8. The lowest BCUT2D eigenvalue weighted by atomic mass is 9.97. The van der Waals surface area contributed by atoms with E-state index in [-0.39, 0.29) is 10.6 Å². The molecule has 1 aromatic rings. The van der Waals surface area contributed by atoms with Crippen LogP contribution in [-0.4, -0.2) is 18.0 Å². The zero-order valence-corrected chi connectivity index (χ0v) is 9.63. The molecule has 17 heavy (non-hydrogen) atoms. The summed E-state index contributed by atoms with van der Waals surface area (Å²) in [4.78, 5) is 10.1. The molecule has 0 amide bonds. The third kappa shape index (κ3) is 3.39. The van der Waals surface area contributed by atoms with E-state index in [1.54, 1.807) is 24.3 Å². The zero-order chi connectivity index (χ0) is 12.1. The van der Waals surface area contributed by atoms with E-state index in [0.29, 0.717) is 5.92 Å². The lowest BCUT2D eigenvalue weighted by molar-refractivity contribution is -0.384. The van der Waals surface area contributed by atoms with Crippen molar-refractivity contribution in [2.24, 2.45) is 5.92 Å². The standard InChI is InChI=1S/C13H16N2O2/c16-15(17)13-5-3-11(4-6-13)1-2-12-7-9-14-10-8-12/h1-6,12,14H,7-10H2. The third-order valence-electron chi connectivity index (χ3n) is 3.05. The lowest BCUT2D eigenvalue weighted by Gasteiger charge is -2.19. The predicted octanol–water partition coefficient (Wildman–Crippen LogP) is 2.61. The van der Waals surface area contributed by atoms with Gasteiger partial charge in [0, 0.05) is 12.1 Å². The van der Waals surface area contributed by atoms with E-state index in [4.69, 9.17) is 0 Å². The highest BCUT2D eigenvalue weighted by Gasteiger charge is 2.09. The number of non-ortho nitro benzene ring substituents is 1. The Labute approximate surface area is 100 Å². The molecule has 0 radical (unpaired) electrons. The fourth-order valence-electron chi connectivity index (χ4n) is 1.99. The van der Waals surface area contributed by atoms with Crippen molar-refractivity contribution in [3.63, 3.8) is 0 Å². The van der Waals surface area contributed by atoms with Crippen LogP contribution in [0.15, 0.2) is 30.3 Å². The minimum absolute atomic E-state index is 0.143. The van der Waals surface area contributed by atoms with Gasteiger partial charge in [0.05, 0.1) is 4.92 Å². The number of nitro benzene ring substituents is 1. The van der Waals surface area contributed by atoms with Crippen LogP contribution in [0, 0.1) is 16.0 Å². The predicted molar refractivity (Wildman–Crippen MR) is 67.7 cm³/mol. The van der Waals surface area contributed by atoms with Crippen LogP contribution in [0.3, 0.4) is 0 Å². The molecule has 0 saturated carbocycles. The Morgan fingerprint density at radius 2 is 1.88 bits per heavy atom. The molecule has 0 unspecified atom stereocenters. The van der Waals surface area contributed by atoms with Crippen LogP contribution >= 0.6 is 0 Å². The van der Waals surface area contributed by atoms with Crippen LogP contribution in [0.1, 0.15) is 18.4 Å². The van der Waals surface area contributed by atoms with Gasteiger partial charge in [-0.05, 0) is 49.5 Å². The van der Waals surface area contributed by atoms with Gasteiger partial charge in [-0.3, -0.25) is 10.1 Å². The first-order valence-electron chi connectivity index (χ1n) is 5.89. The molecule has 1 aromatic carbocycles. The summed E-state index contributed by atoms with van der Waals surface area (Å²) in [5.41, 5.74) is 1.16. The lowest BCUT2D eigenvalue weighted by Crippen LogP contribution is -2.26. The first-order chi connectivity index (χ1) is 8.25. The van der Waals surface area contributed by atoms with Gasteiger partial charge in [-0.15, -0.1) is 0 Å². The normalized spacial score (nSPS) is 17.4. The highest BCUT2D eigenvalue weighted by molar-refractivity contribution is 5.52. The van der Waals surface area contributed by atoms with Crippen molar-refractivity contribution in [1.82, 2.24) is 5.32 Å². The van der Waals surface area contributed by atoms with E-state index in [9.17, 15) is 10.1 Å². The second kappa shape index (κ2) is 5.59. The van der Waals surface area contributed by atoms with Gasteiger partial charge >= 0.3 is 0 Å². The van der Waals surface area contributed by atoms with Crippen LogP contribution < -0.4 is 5.32 Å². The number of allylic oxidation sites excluding steroid dienone is 1. The van der Waals surface area contributed by atoms with E-state index < -0.39 is 0 Å². The highest BCUT2D eigenvalue weighted by Crippen LogP contribution is 2.17. The van der Waals surface area contributed by atoms with Gasteiger partial charge in [0.2, 0.25) is 0 Å². The number of hydrogen-bond acceptors (Lipinski definition) is 3. The fourth-order valence-corrected chi connectivity index (χ4v) is 1.99. The molecule has 0 bridgehead atoms. The van der Waals surface area contributed by atoms with Crippen LogP contribution in [0.4, 0.5) is 5.69 Å². The van der Waals surface area contributed by atoms with Crippen molar-refractivity contribution in [3.8, 4) is 0 Å². The number of nitrogens with zero attached hydrogens (tertiary/aromatic N) is 1. The minimum Gasteiger partial charge on any atom is -0.317 e. The molecule has 1 heterocycles. The van der Waals surface area contributed by atoms with E-state index in [1.807, 2.05) is 0 Å². The Bertz CT molecular complexity index is 406. The van der Waals surface area contributed by atoms with E-state index in [1.165, 1.54) is 12.8 Å². The molecule has 0 spiro atoms. The van der Waals surface area contributed by atoms with Gasteiger partial charge < -0.3 is 5.32 Å². The van der Waals surface area contributed by atoms with Crippen molar-refractivity contribution in [2.75, 3.05) is 13.1 Å². The maximum atomic E-state index is 10.5. The summed E-state index contributed by atoms with van der Waals surface area (Å²) in [7, 11) is 0. The van der Waals surface area contributed by atoms with Gasteiger partial charge in [0.15, 0.2) is 0 Å². The molecule has 0 aliphatic carbocycles. The van der Waals surface area contributed by atoms with Crippen LogP contribution in [0.5, 0.6) is 0 Å². The Morgan fingerprint density at radius 1 is 1.24 bits per heavy atom. The van der Waals surface area contributed by atoms with E-state index >= 15 is 0 Å². The Hall–Kier alpha value is -1.68. The highest BCUT2D eigenvalue weighted by atomic mass is 16.6. The van der Waals surface area contributed by atoms with Crippen molar-refractivity contribution >= 4 is 11.8 Å².